The van der Waals surface area contributed by atoms with E-state index < -0.39 is 0 Å². The molecule has 0 spiro atoms. The predicted molar refractivity (Wildman–Crippen MR) is 63.5 cm³/mol. The second-order valence-electron chi connectivity index (χ2n) is 4.36. The van der Waals surface area contributed by atoms with Crippen LogP contribution in [-0.2, 0) is 11.8 Å². The van der Waals surface area contributed by atoms with E-state index in [0.717, 1.165) is 0 Å². The van der Waals surface area contributed by atoms with Crippen molar-refractivity contribution in [1.82, 2.24) is 25.1 Å². The van der Waals surface area contributed by atoms with E-state index in [1.807, 2.05) is 6.92 Å². The van der Waals surface area contributed by atoms with E-state index in [4.69, 9.17) is 9.26 Å². The summed E-state index contributed by atoms with van der Waals surface area (Å²) in [4.78, 5) is 4.32. The molecule has 18 heavy (non-hydrogen) atoms. The summed E-state index contributed by atoms with van der Waals surface area (Å²) in [6.45, 7) is 6.66. The van der Waals surface area contributed by atoms with Crippen LogP contribution in [0.15, 0.2) is 10.7 Å². The molecule has 0 saturated carbocycles. The zero-order valence-corrected chi connectivity index (χ0v) is 11.0. The fourth-order valence-corrected chi connectivity index (χ4v) is 1.64. The maximum Gasteiger partial charge on any atom is 0.280 e. The molecule has 7 heteroatoms. The third kappa shape index (κ3) is 2.56. The molecule has 2 aromatic heterocycles. The summed E-state index contributed by atoms with van der Waals surface area (Å²) in [5.74, 6) is 1.19. The summed E-state index contributed by atoms with van der Waals surface area (Å²) in [5.41, 5.74) is 0.565. The highest BCUT2D eigenvalue weighted by molar-refractivity contribution is 5.43. The number of nitrogens with zero attached hydrogens (tertiary/aromatic N) is 5. The zero-order chi connectivity index (χ0) is 13.1. The molecule has 1 atom stereocenters. The minimum Gasteiger partial charge on any atom is -0.370 e. The number of hydrogen-bond acceptors (Lipinski definition) is 6. The van der Waals surface area contributed by atoms with Gasteiger partial charge in [-0.15, -0.1) is 5.10 Å². The Hall–Kier alpha value is -1.76. The molecular weight excluding hydrogens is 234 g/mol. The number of rotatable bonds is 5. The van der Waals surface area contributed by atoms with E-state index in [9.17, 15) is 0 Å². The monoisotopic (exact) mass is 251 g/mol. The SMILES string of the molecule is CCOC(c1noc(-c2cn(C)nn2)n1)C(C)C. The van der Waals surface area contributed by atoms with E-state index in [1.165, 1.54) is 0 Å². The van der Waals surface area contributed by atoms with Gasteiger partial charge in [-0.3, -0.25) is 4.68 Å². The van der Waals surface area contributed by atoms with E-state index in [2.05, 4.69) is 34.3 Å². The fourth-order valence-electron chi connectivity index (χ4n) is 1.64. The molecule has 0 aliphatic carbocycles. The molecule has 7 nitrogen and oxygen atoms in total. The van der Waals surface area contributed by atoms with Crippen LogP contribution >= 0.6 is 0 Å². The number of aromatic nitrogens is 5. The summed E-state index contributed by atoms with van der Waals surface area (Å²) >= 11 is 0. The Morgan fingerprint density at radius 2 is 2.22 bits per heavy atom. The summed E-state index contributed by atoms with van der Waals surface area (Å²) < 4.78 is 12.4. The standard InChI is InChI=1S/C11H17N5O2/c1-5-17-9(7(2)3)10-12-11(18-14-10)8-6-16(4)15-13-8/h6-7,9H,5H2,1-4H3. The lowest BCUT2D eigenvalue weighted by molar-refractivity contribution is 0.0217. The molecule has 0 aromatic carbocycles. The van der Waals surface area contributed by atoms with Crippen molar-refractivity contribution in [3.8, 4) is 11.6 Å². The lowest BCUT2D eigenvalue weighted by Gasteiger charge is -2.16. The van der Waals surface area contributed by atoms with Gasteiger partial charge in [0, 0.05) is 13.7 Å². The largest absolute Gasteiger partial charge is 0.370 e. The van der Waals surface area contributed by atoms with Crippen LogP contribution in [0.25, 0.3) is 11.6 Å². The van der Waals surface area contributed by atoms with Crippen molar-refractivity contribution in [1.29, 1.82) is 0 Å². The van der Waals surface area contributed by atoms with Gasteiger partial charge < -0.3 is 9.26 Å². The number of hydrogen-bond donors (Lipinski definition) is 0. The van der Waals surface area contributed by atoms with Gasteiger partial charge in [-0.05, 0) is 12.8 Å². The molecule has 1 unspecified atom stereocenters. The second-order valence-corrected chi connectivity index (χ2v) is 4.36. The van der Waals surface area contributed by atoms with Crippen molar-refractivity contribution >= 4 is 0 Å². The molecule has 0 saturated heterocycles. The highest BCUT2D eigenvalue weighted by atomic mass is 16.5. The summed E-state index contributed by atoms with van der Waals surface area (Å²) in [6.07, 6.45) is 1.56. The summed E-state index contributed by atoms with van der Waals surface area (Å²) in [5, 5.41) is 11.7. The van der Waals surface area contributed by atoms with Crippen LogP contribution in [0.5, 0.6) is 0 Å². The molecule has 0 N–H and O–H groups in total. The molecule has 0 aliphatic heterocycles. The first-order valence-electron chi connectivity index (χ1n) is 5.93. The molecule has 0 fully saturated rings. The Labute approximate surface area is 105 Å². The van der Waals surface area contributed by atoms with Crippen LogP contribution in [0.3, 0.4) is 0 Å². The maximum atomic E-state index is 5.62. The van der Waals surface area contributed by atoms with Crippen molar-refractivity contribution in [2.24, 2.45) is 13.0 Å². The Bertz CT molecular complexity index is 505. The molecule has 0 radical (unpaired) electrons. The van der Waals surface area contributed by atoms with Gasteiger partial charge in [-0.25, -0.2) is 0 Å². The smallest absolute Gasteiger partial charge is 0.280 e. The van der Waals surface area contributed by atoms with Crippen LogP contribution < -0.4 is 0 Å². The number of ether oxygens (including phenoxy) is 1. The van der Waals surface area contributed by atoms with Gasteiger partial charge in [-0.2, -0.15) is 4.98 Å². The first-order valence-corrected chi connectivity index (χ1v) is 5.93. The van der Waals surface area contributed by atoms with Gasteiger partial charge in [0.05, 0.1) is 6.20 Å². The predicted octanol–water partition coefficient (Wildman–Crippen LogP) is 1.60. The van der Waals surface area contributed by atoms with E-state index in [1.54, 1.807) is 17.9 Å². The van der Waals surface area contributed by atoms with Gasteiger partial charge in [0.25, 0.3) is 5.89 Å². The second kappa shape index (κ2) is 5.26. The van der Waals surface area contributed by atoms with Crippen molar-refractivity contribution in [2.45, 2.75) is 26.9 Å². The molecule has 2 heterocycles. The normalized spacial score (nSPS) is 13.2. The quantitative estimate of drug-likeness (QED) is 0.803. The molecule has 0 aliphatic rings. The molecule has 0 amide bonds. The van der Waals surface area contributed by atoms with Crippen LogP contribution in [0.1, 0.15) is 32.7 Å². The van der Waals surface area contributed by atoms with Gasteiger partial charge in [0.15, 0.2) is 5.69 Å². The van der Waals surface area contributed by atoms with Gasteiger partial charge in [-0.1, -0.05) is 24.2 Å². The van der Waals surface area contributed by atoms with Crippen molar-refractivity contribution < 1.29 is 9.26 Å². The highest BCUT2D eigenvalue weighted by Gasteiger charge is 2.23. The minimum absolute atomic E-state index is 0.163. The highest BCUT2D eigenvalue weighted by Crippen LogP contribution is 2.25. The Balaban J connectivity index is 2.23. The van der Waals surface area contributed by atoms with Gasteiger partial charge >= 0.3 is 0 Å². The lowest BCUT2D eigenvalue weighted by Crippen LogP contribution is -2.12. The first-order chi connectivity index (χ1) is 8.61. The zero-order valence-electron chi connectivity index (χ0n) is 11.0. The van der Waals surface area contributed by atoms with E-state index in [0.29, 0.717) is 24.0 Å². The minimum atomic E-state index is -0.163. The topological polar surface area (TPSA) is 78.9 Å². The fraction of sp³-hybridized carbons (Fsp3) is 0.636. The van der Waals surface area contributed by atoms with Crippen LogP contribution in [-0.4, -0.2) is 31.7 Å². The summed E-state index contributed by atoms with van der Waals surface area (Å²) in [6, 6.07) is 0. The average molecular weight is 251 g/mol. The van der Waals surface area contributed by atoms with Crippen LogP contribution in [0, 0.1) is 5.92 Å². The van der Waals surface area contributed by atoms with Gasteiger partial charge in [0.1, 0.15) is 6.10 Å². The van der Waals surface area contributed by atoms with Crippen molar-refractivity contribution in [3.63, 3.8) is 0 Å². The Morgan fingerprint density at radius 3 is 2.78 bits per heavy atom. The van der Waals surface area contributed by atoms with Crippen molar-refractivity contribution in [3.05, 3.63) is 12.0 Å². The van der Waals surface area contributed by atoms with Crippen molar-refractivity contribution in [2.75, 3.05) is 6.61 Å². The van der Waals surface area contributed by atoms with Crippen LogP contribution in [0.4, 0.5) is 0 Å². The first kappa shape index (κ1) is 12.7. The van der Waals surface area contributed by atoms with E-state index >= 15 is 0 Å². The van der Waals surface area contributed by atoms with Gasteiger partial charge in [0.2, 0.25) is 5.82 Å². The Kier molecular flexibility index (Phi) is 3.71. The lowest BCUT2D eigenvalue weighted by atomic mass is 10.1. The molecule has 2 rings (SSSR count). The number of aryl methyl sites for hydroxylation is 1. The Morgan fingerprint density at radius 1 is 1.44 bits per heavy atom. The third-order valence-electron chi connectivity index (χ3n) is 2.47. The molecule has 98 valence electrons. The van der Waals surface area contributed by atoms with Crippen LogP contribution in [0.2, 0.25) is 0 Å². The molecular formula is C11H17N5O2. The van der Waals surface area contributed by atoms with E-state index in [-0.39, 0.29) is 12.0 Å². The maximum absolute atomic E-state index is 5.62. The third-order valence-corrected chi connectivity index (χ3v) is 2.47. The average Bonchev–Trinajstić information content (AvgIpc) is 2.93. The molecule has 2 aromatic rings. The summed E-state index contributed by atoms with van der Waals surface area (Å²) in [7, 11) is 1.78. The molecule has 0 bridgehead atoms.